The molecule has 0 aliphatic heterocycles. The molecule has 0 N–H and O–H groups in total. The molecular formula is C55H40N2. The van der Waals surface area contributed by atoms with Gasteiger partial charge in [0.2, 0.25) is 0 Å². The van der Waals surface area contributed by atoms with Gasteiger partial charge in [-0.15, -0.1) is 0 Å². The van der Waals surface area contributed by atoms with Crippen LogP contribution in [0.25, 0.3) is 89.1 Å². The van der Waals surface area contributed by atoms with Gasteiger partial charge in [-0.1, -0.05) is 172 Å². The lowest BCUT2D eigenvalue weighted by molar-refractivity contribution is 0.661. The van der Waals surface area contributed by atoms with Gasteiger partial charge in [0.05, 0.1) is 22.4 Å². The standard InChI is InChI=1S/C55H40N2/c1-55(2)47-35-49-45(51(37-21-9-3-10-22-37)53(39-25-13-5-14-26-39)56(49)41-29-17-7-18-30-41)33-43(47)44-34-46-50(36-48(44)55)57(42-31-19-8-20-32-42)54(40-27-15-6-16-28-40)52(46)38-23-11-4-12-24-38/h3-36H,1-2H3. The van der Waals surface area contributed by atoms with Crippen molar-refractivity contribution >= 4 is 21.8 Å². The van der Waals surface area contributed by atoms with Gasteiger partial charge in [-0.25, -0.2) is 0 Å². The highest BCUT2D eigenvalue weighted by Gasteiger charge is 2.38. The molecule has 0 radical (unpaired) electrons. The molecule has 8 aromatic carbocycles. The molecule has 0 saturated carbocycles. The Bertz CT molecular complexity index is 2870. The molecule has 2 nitrogen and oxygen atoms in total. The molecule has 0 unspecified atom stereocenters. The fraction of sp³-hybridized carbons (Fsp3) is 0.0545. The lowest BCUT2D eigenvalue weighted by Crippen LogP contribution is -2.15. The molecule has 11 rings (SSSR count). The van der Waals surface area contributed by atoms with Crippen LogP contribution < -0.4 is 0 Å². The Labute approximate surface area is 333 Å². The summed E-state index contributed by atoms with van der Waals surface area (Å²) in [6.45, 7) is 4.82. The second-order valence-corrected chi connectivity index (χ2v) is 15.7. The quantitative estimate of drug-likeness (QED) is 0.161. The smallest absolute Gasteiger partial charge is 0.0619 e. The summed E-state index contributed by atoms with van der Waals surface area (Å²) in [4.78, 5) is 0. The Hall–Kier alpha value is -7.16. The average molecular weight is 729 g/mol. The Morgan fingerprint density at radius 3 is 0.965 bits per heavy atom. The summed E-state index contributed by atoms with van der Waals surface area (Å²) in [5.41, 5.74) is 19.5. The molecule has 2 heterocycles. The third-order valence-electron chi connectivity index (χ3n) is 12.1. The van der Waals surface area contributed by atoms with E-state index in [1.165, 1.54) is 88.8 Å². The van der Waals surface area contributed by atoms with Crippen molar-refractivity contribution in [3.63, 3.8) is 0 Å². The number of benzene rings is 8. The maximum Gasteiger partial charge on any atom is 0.0619 e. The van der Waals surface area contributed by atoms with Crippen molar-refractivity contribution in [1.82, 2.24) is 9.13 Å². The van der Waals surface area contributed by atoms with Crippen LogP contribution in [0.1, 0.15) is 25.0 Å². The van der Waals surface area contributed by atoms with E-state index in [4.69, 9.17) is 0 Å². The molecule has 270 valence electrons. The van der Waals surface area contributed by atoms with Crippen molar-refractivity contribution in [1.29, 1.82) is 0 Å². The Morgan fingerprint density at radius 2 is 0.632 bits per heavy atom. The van der Waals surface area contributed by atoms with Crippen LogP contribution in [0, 0.1) is 0 Å². The van der Waals surface area contributed by atoms with Gasteiger partial charge in [-0.05, 0) is 93.0 Å². The normalized spacial score (nSPS) is 12.9. The number of aromatic nitrogens is 2. The lowest BCUT2D eigenvalue weighted by Gasteiger charge is -2.22. The van der Waals surface area contributed by atoms with Gasteiger partial charge in [0, 0.05) is 38.7 Å². The minimum atomic E-state index is -0.260. The average Bonchev–Trinajstić information content (AvgIpc) is 3.87. The van der Waals surface area contributed by atoms with Crippen LogP contribution in [0.3, 0.4) is 0 Å². The summed E-state index contributed by atoms with van der Waals surface area (Å²) in [6, 6.07) is 75.4. The summed E-state index contributed by atoms with van der Waals surface area (Å²) in [5.74, 6) is 0. The van der Waals surface area contributed by atoms with Crippen LogP contribution in [0.4, 0.5) is 0 Å². The second-order valence-electron chi connectivity index (χ2n) is 15.7. The summed E-state index contributed by atoms with van der Waals surface area (Å²) in [7, 11) is 0. The SMILES string of the molecule is CC1(C)c2cc3c(cc2-c2cc4c(-c5ccccc5)c(-c5ccccc5)n(-c5ccccc5)c4cc21)c(-c1ccccc1)c(-c1ccccc1)n3-c1ccccc1. The van der Waals surface area contributed by atoms with Crippen molar-refractivity contribution < 1.29 is 0 Å². The molecule has 0 saturated heterocycles. The van der Waals surface area contributed by atoms with Gasteiger partial charge in [-0.2, -0.15) is 0 Å². The van der Waals surface area contributed by atoms with Crippen molar-refractivity contribution in [2.75, 3.05) is 0 Å². The fourth-order valence-electron chi connectivity index (χ4n) is 9.52. The van der Waals surface area contributed by atoms with Gasteiger partial charge >= 0.3 is 0 Å². The molecular weight excluding hydrogens is 689 g/mol. The minimum absolute atomic E-state index is 0.260. The van der Waals surface area contributed by atoms with Gasteiger partial charge in [0.1, 0.15) is 0 Å². The van der Waals surface area contributed by atoms with E-state index < -0.39 is 0 Å². The Balaban J connectivity index is 1.27. The first-order chi connectivity index (χ1) is 28.1. The highest BCUT2D eigenvalue weighted by molar-refractivity contribution is 6.11. The van der Waals surface area contributed by atoms with E-state index in [0.717, 1.165) is 11.4 Å². The van der Waals surface area contributed by atoms with Crippen molar-refractivity contribution in [2.45, 2.75) is 19.3 Å². The first-order valence-corrected chi connectivity index (χ1v) is 19.9. The van der Waals surface area contributed by atoms with E-state index in [0.29, 0.717) is 0 Å². The van der Waals surface area contributed by atoms with Gasteiger partial charge in [0.15, 0.2) is 0 Å². The van der Waals surface area contributed by atoms with E-state index in [1.807, 2.05) is 0 Å². The molecule has 0 amide bonds. The number of hydrogen-bond acceptors (Lipinski definition) is 0. The largest absolute Gasteiger partial charge is 0.309 e. The molecule has 2 heteroatoms. The molecule has 1 aliphatic carbocycles. The zero-order valence-corrected chi connectivity index (χ0v) is 32.0. The van der Waals surface area contributed by atoms with E-state index in [1.54, 1.807) is 0 Å². The predicted molar refractivity (Wildman–Crippen MR) is 239 cm³/mol. The van der Waals surface area contributed by atoms with Crippen LogP contribution in [0.5, 0.6) is 0 Å². The predicted octanol–water partition coefficient (Wildman–Crippen LogP) is 14.5. The summed E-state index contributed by atoms with van der Waals surface area (Å²) in [5, 5.41) is 2.50. The zero-order chi connectivity index (χ0) is 38.1. The maximum absolute atomic E-state index is 2.51. The third kappa shape index (κ3) is 5.11. The highest BCUT2D eigenvalue weighted by Crippen LogP contribution is 2.55. The lowest BCUT2D eigenvalue weighted by atomic mass is 9.82. The number of rotatable bonds is 6. The van der Waals surface area contributed by atoms with Crippen molar-refractivity contribution in [2.24, 2.45) is 0 Å². The molecule has 57 heavy (non-hydrogen) atoms. The summed E-state index contributed by atoms with van der Waals surface area (Å²) in [6.07, 6.45) is 0. The topological polar surface area (TPSA) is 9.86 Å². The molecule has 0 bridgehead atoms. The highest BCUT2D eigenvalue weighted by atomic mass is 15.0. The fourth-order valence-corrected chi connectivity index (χ4v) is 9.52. The van der Waals surface area contributed by atoms with Gasteiger partial charge < -0.3 is 9.13 Å². The molecule has 1 aliphatic rings. The van der Waals surface area contributed by atoms with Gasteiger partial charge in [-0.3, -0.25) is 0 Å². The Kier molecular flexibility index (Phi) is 7.55. The first-order valence-electron chi connectivity index (χ1n) is 19.9. The monoisotopic (exact) mass is 728 g/mol. The zero-order valence-electron chi connectivity index (χ0n) is 32.0. The third-order valence-corrected chi connectivity index (χ3v) is 12.1. The number of nitrogens with zero attached hydrogens (tertiary/aromatic N) is 2. The van der Waals surface area contributed by atoms with E-state index >= 15 is 0 Å². The van der Waals surface area contributed by atoms with Crippen LogP contribution in [0.2, 0.25) is 0 Å². The van der Waals surface area contributed by atoms with Crippen molar-refractivity contribution in [3.05, 3.63) is 217 Å². The number of para-hydroxylation sites is 2. The Morgan fingerprint density at radius 1 is 0.333 bits per heavy atom. The van der Waals surface area contributed by atoms with Crippen LogP contribution >= 0.6 is 0 Å². The van der Waals surface area contributed by atoms with E-state index in [9.17, 15) is 0 Å². The number of hydrogen-bond donors (Lipinski definition) is 0. The van der Waals surface area contributed by atoms with Gasteiger partial charge in [0.25, 0.3) is 0 Å². The second kappa shape index (κ2) is 13.0. The van der Waals surface area contributed by atoms with Crippen LogP contribution in [0.15, 0.2) is 206 Å². The maximum atomic E-state index is 2.51. The number of fused-ring (bicyclic) bond motifs is 5. The van der Waals surface area contributed by atoms with E-state index in [2.05, 4.69) is 229 Å². The molecule has 10 aromatic rings. The van der Waals surface area contributed by atoms with Crippen LogP contribution in [-0.4, -0.2) is 9.13 Å². The molecule has 0 atom stereocenters. The van der Waals surface area contributed by atoms with Crippen molar-refractivity contribution in [3.8, 4) is 67.3 Å². The molecule has 2 aromatic heterocycles. The summed E-state index contributed by atoms with van der Waals surface area (Å²) >= 11 is 0. The first kappa shape index (κ1) is 33.2. The van der Waals surface area contributed by atoms with E-state index in [-0.39, 0.29) is 5.41 Å². The summed E-state index contributed by atoms with van der Waals surface area (Å²) < 4.78 is 4.98. The minimum Gasteiger partial charge on any atom is -0.309 e. The molecule has 0 fully saturated rings. The van der Waals surface area contributed by atoms with Crippen LogP contribution in [-0.2, 0) is 5.41 Å². The molecule has 0 spiro atoms.